The predicted molar refractivity (Wildman–Crippen MR) is 48.4 cm³/mol. The third kappa shape index (κ3) is 1.97. The zero-order valence-corrected chi connectivity index (χ0v) is 7.59. The van der Waals surface area contributed by atoms with E-state index in [4.69, 9.17) is 4.42 Å². The van der Waals surface area contributed by atoms with Crippen molar-refractivity contribution in [3.8, 4) is 0 Å². The third-order valence-corrected chi connectivity index (χ3v) is 1.83. The molecule has 0 radical (unpaired) electrons. The van der Waals surface area contributed by atoms with E-state index in [0.29, 0.717) is 0 Å². The van der Waals surface area contributed by atoms with Crippen LogP contribution in [-0.4, -0.2) is 0 Å². The first-order valence-corrected chi connectivity index (χ1v) is 4.39. The van der Waals surface area contributed by atoms with Crippen LogP contribution < -0.4 is 5.63 Å². The Morgan fingerprint density at radius 1 is 1.33 bits per heavy atom. The second-order valence-corrected chi connectivity index (χ2v) is 2.82. The van der Waals surface area contributed by atoms with Crippen molar-refractivity contribution in [2.75, 3.05) is 0 Å². The molecular weight excluding hydrogens is 152 g/mol. The zero-order chi connectivity index (χ0) is 8.97. The highest BCUT2D eigenvalue weighted by Gasteiger charge is 1.99. The number of hydrogen-bond donors (Lipinski definition) is 0. The summed E-state index contributed by atoms with van der Waals surface area (Å²) in [6.45, 7) is 4.01. The molecule has 0 aliphatic heterocycles. The molecule has 0 unspecified atom stereocenters. The van der Waals surface area contributed by atoms with Crippen molar-refractivity contribution in [2.45, 2.75) is 33.1 Å². The second kappa shape index (κ2) is 4.10. The normalized spacial score (nSPS) is 10.2. The van der Waals surface area contributed by atoms with Gasteiger partial charge in [-0.25, -0.2) is 4.79 Å². The maximum atomic E-state index is 11.2. The molecule has 0 fully saturated rings. The molecule has 1 rings (SSSR count). The van der Waals surface area contributed by atoms with Gasteiger partial charge in [-0.3, -0.25) is 0 Å². The Balaban J connectivity index is 2.94. The first-order valence-electron chi connectivity index (χ1n) is 4.39. The lowest BCUT2D eigenvalue weighted by Crippen LogP contribution is -2.06. The van der Waals surface area contributed by atoms with Gasteiger partial charge in [0.1, 0.15) is 5.76 Å². The van der Waals surface area contributed by atoms with Gasteiger partial charge in [0.05, 0.1) is 0 Å². The summed E-state index contributed by atoms with van der Waals surface area (Å²) < 4.78 is 5.08. The summed E-state index contributed by atoms with van der Waals surface area (Å²) in [5, 5.41) is 0. The van der Waals surface area contributed by atoms with Crippen molar-refractivity contribution in [1.82, 2.24) is 0 Å². The van der Waals surface area contributed by atoms with E-state index in [1.54, 1.807) is 0 Å². The van der Waals surface area contributed by atoms with Crippen LogP contribution in [0.5, 0.6) is 0 Å². The number of rotatable bonds is 3. The minimum absolute atomic E-state index is 0.177. The van der Waals surface area contributed by atoms with Gasteiger partial charge in [-0.05, 0) is 25.0 Å². The van der Waals surface area contributed by atoms with Gasteiger partial charge in [-0.1, -0.05) is 13.8 Å². The van der Waals surface area contributed by atoms with Crippen molar-refractivity contribution in [3.63, 3.8) is 0 Å². The van der Waals surface area contributed by atoms with Gasteiger partial charge in [0, 0.05) is 12.0 Å². The second-order valence-electron chi connectivity index (χ2n) is 2.82. The molecule has 0 atom stereocenters. The fraction of sp³-hybridized carbons (Fsp3) is 0.500. The minimum Gasteiger partial charge on any atom is -0.428 e. The maximum Gasteiger partial charge on any atom is 0.339 e. The molecule has 0 saturated heterocycles. The fourth-order valence-electron chi connectivity index (χ4n) is 1.12. The van der Waals surface area contributed by atoms with Crippen LogP contribution >= 0.6 is 0 Å². The molecular formula is C10H14O2. The van der Waals surface area contributed by atoms with Gasteiger partial charge in [0.15, 0.2) is 0 Å². The van der Waals surface area contributed by atoms with Crippen LogP contribution in [0, 0.1) is 0 Å². The van der Waals surface area contributed by atoms with Gasteiger partial charge in [0.25, 0.3) is 0 Å². The molecule has 0 saturated carbocycles. The first kappa shape index (κ1) is 9.04. The molecule has 1 heterocycles. The Kier molecular flexibility index (Phi) is 3.09. The van der Waals surface area contributed by atoms with E-state index >= 15 is 0 Å². The Labute approximate surface area is 72.2 Å². The Hall–Kier alpha value is -1.05. The molecule has 0 aromatic carbocycles. The molecule has 0 aliphatic rings. The number of hydrogen-bond acceptors (Lipinski definition) is 2. The summed E-state index contributed by atoms with van der Waals surface area (Å²) in [6.07, 6.45) is 2.60. The molecule has 2 heteroatoms. The maximum absolute atomic E-state index is 11.2. The average molecular weight is 166 g/mol. The van der Waals surface area contributed by atoms with Crippen molar-refractivity contribution in [2.24, 2.45) is 0 Å². The van der Waals surface area contributed by atoms with Gasteiger partial charge >= 0.3 is 5.63 Å². The lowest BCUT2D eigenvalue weighted by molar-refractivity contribution is 0.450. The van der Waals surface area contributed by atoms with Gasteiger partial charge in [-0.2, -0.15) is 0 Å². The van der Waals surface area contributed by atoms with Crippen LogP contribution in [-0.2, 0) is 12.8 Å². The molecule has 12 heavy (non-hydrogen) atoms. The van der Waals surface area contributed by atoms with E-state index in [1.807, 2.05) is 19.1 Å². The van der Waals surface area contributed by atoms with Crippen LogP contribution in [0.15, 0.2) is 21.3 Å². The topological polar surface area (TPSA) is 30.2 Å². The largest absolute Gasteiger partial charge is 0.428 e. The lowest BCUT2D eigenvalue weighted by Gasteiger charge is -1.97. The molecule has 0 spiro atoms. The average Bonchev–Trinajstić information content (AvgIpc) is 2.05. The van der Waals surface area contributed by atoms with Crippen LogP contribution in [0.25, 0.3) is 0 Å². The van der Waals surface area contributed by atoms with Gasteiger partial charge < -0.3 is 4.42 Å². The summed E-state index contributed by atoms with van der Waals surface area (Å²) >= 11 is 0. The Morgan fingerprint density at radius 2 is 2.08 bits per heavy atom. The molecule has 0 bridgehead atoms. The zero-order valence-electron chi connectivity index (χ0n) is 7.59. The first-order chi connectivity index (χ1) is 5.77. The van der Waals surface area contributed by atoms with Crippen LogP contribution in [0.1, 0.15) is 31.6 Å². The quantitative estimate of drug-likeness (QED) is 0.688. The van der Waals surface area contributed by atoms with Crippen molar-refractivity contribution >= 4 is 0 Å². The van der Waals surface area contributed by atoms with Crippen molar-refractivity contribution < 1.29 is 4.42 Å². The molecule has 66 valence electrons. The number of aryl methyl sites for hydroxylation is 2. The molecule has 0 N–H and O–H groups in total. The van der Waals surface area contributed by atoms with Crippen molar-refractivity contribution in [3.05, 3.63) is 33.9 Å². The van der Waals surface area contributed by atoms with E-state index in [-0.39, 0.29) is 5.63 Å². The highest BCUT2D eigenvalue weighted by Crippen LogP contribution is 2.01. The van der Waals surface area contributed by atoms with E-state index < -0.39 is 0 Å². The van der Waals surface area contributed by atoms with Gasteiger partial charge in [-0.15, -0.1) is 0 Å². The van der Waals surface area contributed by atoms with E-state index in [9.17, 15) is 4.79 Å². The third-order valence-electron chi connectivity index (χ3n) is 1.83. The summed E-state index contributed by atoms with van der Waals surface area (Å²) in [7, 11) is 0. The van der Waals surface area contributed by atoms with Gasteiger partial charge in [0.2, 0.25) is 0 Å². The standard InChI is InChI=1S/C10H14O2/c1-3-5-9-7-6-8(4-2)10(11)12-9/h6-7H,3-5H2,1-2H3. The van der Waals surface area contributed by atoms with E-state index in [0.717, 1.165) is 30.6 Å². The Morgan fingerprint density at radius 3 is 2.58 bits per heavy atom. The summed E-state index contributed by atoms with van der Waals surface area (Å²) in [5.74, 6) is 0.791. The van der Waals surface area contributed by atoms with Crippen LogP contribution in [0.4, 0.5) is 0 Å². The van der Waals surface area contributed by atoms with Crippen LogP contribution in [0.3, 0.4) is 0 Å². The summed E-state index contributed by atoms with van der Waals surface area (Å²) in [4.78, 5) is 11.2. The Bertz CT molecular complexity index is 299. The molecule has 0 aliphatic carbocycles. The van der Waals surface area contributed by atoms with E-state index in [1.165, 1.54) is 0 Å². The highest BCUT2D eigenvalue weighted by atomic mass is 16.4. The predicted octanol–water partition coefficient (Wildman–Crippen LogP) is 2.15. The lowest BCUT2D eigenvalue weighted by atomic mass is 10.2. The molecule has 1 aromatic rings. The highest BCUT2D eigenvalue weighted by molar-refractivity contribution is 5.10. The van der Waals surface area contributed by atoms with E-state index in [2.05, 4.69) is 6.92 Å². The molecule has 2 nitrogen and oxygen atoms in total. The summed E-state index contributed by atoms with van der Waals surface area (Å²) in [5.41, 5.74) is 0.582. The summed E-state index contributed by atoms with van der Waals surface area (Å²) in [6, 6.07) is 3.75. The van der Waals surface area contributed by atoms with Crippen LogP contribution in [0.2, 0.25) is 0 Å². The monoisotopic (exact) mass is 166 g/mol. The van der Waals surface area contributed by atoms with Crippen molar-refractivity contribution in [1.29, 1.82) is 0 Å². The smallest absolute Gasteiger partial charge is 0.339 e. The molecule has 0 amide bonds. The molecule has 1 aromatic heterocycles. The SMILES string of the molecule is CCCc1ccc(CC)c(=O)o1. The minimum atomic E-state index is -0.177. The fourth-order valence-corrected chi connectivity index (χ4v) is 1.12.